The highest BCUT2D eigenvalue weighted by molar-refractivity contribution is 7.83. The SMILES string of the molecule is CCN[C@H](C)CNC(=O)c1cccc(CS(C)=O)c1. The molecular formula is C14H22N2O2S. The second-order valence-corrected chi connectivity index (χ2v) is 6.02. The molecule has 4 nitrogen and oxygen atoms in total. The van der Waals surface area contributed by atoms with Gasteiger partial charge in [-0.2, -0.15) is 0 Å². The van der Waals surface area contributed by atoms with Crippen LogP contribution in [0.1, 0.15) is 29.8 Å². The molecule has 5 heteroatoms. The van der Waals surface area contributed by atoms with Crippen molar-refractivity contribution in [3.8, 4) is 0 Å². The highest BCUT2D eigenvalue weighted by Gasteiger charge is 2.08. The zero-order valence-corrected chi connectivity index (χ0v) is 12.5. The lowest BCUT2D eigenvalue weighted by Gasteiger charge is -2.13. The van der Waals surface area contributed by atoms with Crippen molar-refractivity contribution in [1.29, 1.82) is 0 Å². The lowest BCUT2D eigenvalue weighted by Crippen LogP contribution is -2.38. The van der Waals surface area contributed by atoms with Gasteiger partial charge in [0.2, 0.25) is 0 Å². The van der Waals surface area contributed by atoms with Gasteiger partial charge in [-0.3, -0.25) is 9.00 Å². The fourth-order valence-electron chi connectivity index (χ4n) is 1.81. The standard InChI is InChI=1S/C14H22N2O2S/c1-4-15-11(2)9-16-14(17)13-7-5-6-12(8-13)10-19(3)18/h5-8,11,15H,4,9-10H2,1-3H3,(H,16,17)/t11-,19?/m1/s1. The van der Waals surface area contributed by atoms with Gasteiger partial charge in [0, 0.05) is 41.0 Å². The van der Waals surface area contributed by atoms with Crippen LogP contribution < -0.4 is 10.6 Å². The summed E-state index contributed by atoms with van der Waals surface area (Å²) < 4.78 is 11.2. The maximum absolute atomic E-state index is 12.0. The van der Waals surface area contributed by atoms with Gasteiger partial charge < -0.3 is 10.6 Å². The molecule has 2 N–H and O–H groups in total. The summed E-state index contributed by atoms with van der Waals surface area (Å²) in [6, 6.07) is 7.54. The van der Waals surface area contributed by atoms with Crippen molar-refractivity contribution in [3.05, 3.63) is 35.4 Å². The molecule has 1 aromatic carbocycles. The Bertz CT molecular complexity index is 449. The highest BCUT2D eigenvalue weighted by atomic mass is 32.2. The van der Waals surface area contributed by atoms with Crippen molar-refractivity contribution in [2.75, 3.05) is 19.3 Å². The number of rotatable bonds is 7. The molecule has 0 saturated heterocycles. The number of carbonyl (C=O) groups excluding carboxylic acids is 1. The molecule has 0 saturated carbocycles. The summed E-state index contributed by atoms with van der Waals surface area (Å²) >= 11 is 0. The monoisotopic (exact) mass is 282 g/mol. The molecule has 0 spiro atoms. The molecule has 1 amide bonds. The van der Waals surface area contributed by atoms with Gasteiger partial charge in [0.15, 0.2) is 0 Å². The number of benzene rings is 1. The van der Waals surface area contributed by atoms with E-state index in [0.29, 0.717) is 17.9 Å². The van der Waals surface area contributed by atoms with Crippen LogP contribution in [0.5, 0.6) is 0 Å². The molecule has 0 aliphatic rings. The van der Waals surface area contributed by atoms with E-state index >= 15 is 0 Å². The fourth-order valence-corrected chi connectivity index (χ4v) is 2.45. The molecule has 0 radical (unpaired) electrons. The number of hydrogen-bond donors (Lipinski definition) is 2. The third-order valence-corrected chi connectivity index (χ3v) is 3.42. The maximum atomic E-state index is 12.0. The van der Waals surface area contributed by atoms with Gasteiger partial charge in [0.25, 0.3) is 5.91 Å². The van der Waals surface area contributed by atoms with Gasteiger partial charge >= 0.3 is 0 Å². The highest BCUT2D eigenvalue weighted by Crippen LogP contribution is 2.07. The third-order valence-electron chi connectivity index (χ3n) is 2.68. The Morgan fingerprint density at radius 2 is 2.16 bits per heavy atom. The average molecular weight is 282 g/mol. The summed E-state index contributed by atoms with van der Waals surface area (Å²) in [7, 11) is -0.894. The van der Waals surface area contributed by atoms with Crippen molar-refractivity contribution in [2.45, 2.75) is 25.6 Å². The van der Waals surface area contributed by atoms with Crippen molar-refractivity contribution in [2.24, 2.45) is 0 Å². The fraction of sp³-hybridized carbons (Fsp3) is 0.500. The molecular weight excluding hydrogens is 260 g/mol. The van der Waals surface area contributed by atoms with Gasteiger partial charge in [-0.25, -0.2) is 0 Å². The Hall–Kier alpha value is -1.20. The Kier molecular flexibility index (Phi) is 6.73. The van der Waals surface area contributed by atoms with Crippen LogP contribution in [0, 0.1) is 0 Å². The van der Waals surface area contributed by atoms with Gasteiger partial charge in [-0.05, 0) is 31.2 Å². The van der Waals surface area contributed by atoms with Crippen LogP contribution in [-0.4, -0.2) is 35.5 Å². The van der Waals surface area contributed by atoms with Crippen LogP contribution in [0.15, 0.2) is 24.3 Å². The Balaban J connectivity index is 2.59. The van der Waals surface area contributed by atoms with E-state index in [1.807, 2.05) is 26.0 Å². The minimum atomic E-state index is -0.894. The zero-order chi connectivity index (χ0) is 14.3. The average Bonchev–Trinajstić information content (AvgIpc) is 2.36. The van der Waals surface area contributed by atoms with Crippen LogP contribution >= 0.6 is 0 Å². The van der Waals surface area contributed by atoms with Gasteiger partial charge in [-0.1, -0.05) is 19.1 Å². The van der Waals surface area contributed by atoms with Gasteiger partial charge in [-0.15, -0.1) is 0 Å². The van der Waals surface area contributed by atoms with Crippen molar-refractivity contribution in [1.82, 2.24) is 10.6 Å². The Morgan fingerprint density at radius 1 is 1.42 bits per heavy atom. The molecule has 1 unspecified atom stereocenters. The van der Waals surface area contributed by atoms with E-state index < -0.39 is 10.8 Å². The third kappa shape index (κ3) is 5.98. The molecule has 0 fully saturated rings. The van der Waals surface area contributed by atoms with Crippen LogP contribution in [0.3, 0.4) is 0 Å². The predicted molar refractivity (Wildman–Crippen MR) is 79.7 cm³/mol. The molecule has 0 aliphatic heterocycles. The molecule has 106 valence electrons. The summed E-state index contributed by atoms with van der Waals surface area (Å²) in [6.45, 7) is 5.54. The first-order valence-electron chi connectivity index (χ1n) is 6.43. The summed E-state index contributed by atoms with van der Waals surface area (Å²) in [5.74, 6) is 0.392. The van der Waals surface area contributed by atoms with E-state index in [1.54, 1.807) is 18.4 Å². The number of amides is 1. The summed E-state index contributed by atoms with van der Waals surface area (Å²) in [5.41, 5.74) is 1.54. The van der Waals surface area contributed by atoms with Crippen molar-refractivity contribution >= 4 is 16.7 Å². The number of likely N-dealkylation sites (N-methyl/N-ethyl adjacent to an activating group) is 1. The second kappa shape index (κ2) is 8.07. The largest absolute Gasteiger partial charge is 0.350 e. The molecule has 0 bridgehead atoms. The molecule has 0 heterocycles. The zero-order valence-electron chi connectivity index (χ0n) is 11.7. The summed E-state index contributed by atoms with van der Waals surface area (Å²) in [6.07, 6.45) is 1.66. The second-order valence-electron chi connectivity index (χ2n) is 4.59. The number of nitrogens with one attached hydrogen (secondary N) is 2. The Morgan fingerprint density at radius 3 is 2.79 bits per heavy atom. The van der Waals surface area contributed by atoms with E-state index in [2.05, 4.69) is 10.6 Å². The van der Waals surface area contributed by atoms with E-state index in [1.165, 1.54) is 0 Å². The normalized spacial score (nSPS) is 13.8. The lowest BCUT2D eigenvalue weighted by atomic mass is 10.1. The molecule has 1 aromatic rings. The van der Waals surface area contributed by atoms with Gasteiger partial charge in [0.05, 0.1) is 0 Å². The first-order valence-corrected chi connectivity index (χ1v) is 8.16. The maximum Gasteiger partial charge on any atom is 0.251 e. The smallest absolute Gasteiger partial charge is 0.251 e. The van der Waals surface area contributed by atoms with E-state index in [-0.39, 0.29) is 11.9 Å². The Labute approximate surface area is 117 Å². The molecule has 0 aromatic heterocycles. The molecule has 19 heavy (non-hydrogen) atoms. The van der Waals surface area contributed by atoms with E-state index in [9.17, 15) is 9.00 Å². The van der Waals surface area contributed by atoms with Crippen LogP contribution in [-0.2, 0) is 16.6 Å². The quantitative estimate of drug-likeness (QED) is 0.792. The molecule has 0 aliphatic carbocycles. The lowest BCUT2D eigenvalue weighted by molar-refractivity contribution is 0.0950. The molecule has 2 atom stereocenters. The van der Waals surface area contributed by atoms with Crippen molar-refractivity contribution in [3.63, 3.8) is 0 Å². The number of carbonyl (C=O) groups is 1. The number of hydrogen-bond acceptors (Lipinski definition) is 3. The summed E-state index contributed by atoms with van der Waals surface area (Å²) in [4.78, 5) is 12.0. The topological polar surface area (TPSA) is 58.2 Å². The van der Waals surface area contributed by atoms with Gasteiger partial charge in [0.1, 0.15) is 0 Å². The van der Waals surface area contributed by atoms with E-state index in [4.69, 9.17) is 0 Å². The van der Waals surface area contributed by atoms with E-state index in [0.717, 1.165) is 12.1 Å². The van der Waals surface area contributed by atoms with Crippen molar-refractivity contribution < 1.29 is 9.00 Å². The minimum absolute atomic E-state index is 0.0894. The minimum Gasteiger partial charge on any atom is -0.350 e. The first-order chi connectivity index (χ1) is 9.02. The first kappa shape index (κ1) is 15.9. The summed E-state index contributed by atoms with van der Waals surface area (Å²) in [5, 5.41) is 6.12. The van der Waals surface area contributed by atoms with Crippen LogP contribution in [0.2, 0.25) is 0 Å². The van der Waals surface area contributed by atoms with Crippen LogP contribution in [0.4, 0.5) is 0 Å². The predicted octanol–water partition coefficient (Wildman–Crippen LogP) is 1.29. The molecule has 1 rings (SSSR count). The van der Waals surface area contributed by atoms with Crippen LogP contribution in [0.25, 0.3) is 0 Å².